The summed E-state index contributed by atoms with van der Waals surface area (Å²) in [5.74, 6) is 8.58. The minimum atomic E-state index is 0.221. The van der Waals surface area contributed by atoms with Crippen LogP contribution in [0.1, 0.15) is 55.1 Å². The molecule has 19 heavy (non-hydrogen) atoms. The molecule has 1 aromatic rings. The molecule has 104 valence electrons. The van der Waals surface area contributed by atoms with Gasteiger partial charge in [0.15, 0.2) is 0 Å². The van der Waals surface area contributed by atoms with Crippen molar-refractivity contribution in [2.45, 2.75) is 52.0 Å². The van der Waals surface area contributed by atoms with E-state index >= 15 is 0 Å². The van der Waals surface area contributed by atoms with Crippen molar-refractivity contribution in [2.24, 2.45) is 23.6 Å². The van der Waals surface area contributed by atoms with E-state index in [0.29, 0.717) is 0 Å². The third-order valence-electron chi connectivity index (χ3n) is 5.14. The van der Waals surface area contributed by atoms with Crippen LogP contribution in [0.3, 0.4) is 0 Å². The van der Waals surface area contributed by atoms with Crippen molar-refractivity contribution >= 4 is 0 Å². The first-order chi connectivity index (χ1) is 9.17. The van der Waals surface area contributed by atoms with Gasteiger partial charge in [0.25, 0.3) is 0 Å². The van der Waals surface area contributed by atoms with Crippen molar-refractivity contribution in [3.63, 3.8) is 0 Å². The lowest BCUT2D eigenvalue weighted by atomic mass is 9.82. The van der Waals surface area contributed by atoms with Crippen LogP contribution in [-0.4, -0.2) is 10.2 Å². The van der Waals surface area contributed by atoms with E-state index in [0.717, 1.165) is 35.6 Å². The van der Waals surface area contributed by atoms with E-state index in [2.05, 4.69) is 21.7 Å². The first kappa shape index (κ1) is 13.0. The molecular weight excluding hydrogens is 236 g/mol. The zero-order valence-electron chi connectivity index (χ0n) is 11.9. The van der Waals surface area contributed by atoms with E-state index < -0.39 is 0 Å². The number of nitrogens with one attached hydrogen (secondary N) is 1. The highest BCUT2D eigenvalue weighted by molar-refractivity contribution is 5.23. The van der Waals surface area contributed by atoms with Gasteiger partial charge in [-0.1, -0.05) is 6.42 Å². The minimum Gasteiger partial charge on any atom is -0.271 e. The van der Waals surface area contributed by atoms with Crippen LogP contribution in [0.5, 0.6) is 0 Å². The highest BCUT2D eigenvalue weighted by atomic mass is 15.2. The van der Waals surface area contributed by atoms with E-state index in [1.807, 2.05) is 13.8 Å². The summed E-state index contributed by atoms with van der Waals surface area (Å²) < 4.78 is 0. The number of hydrogen-bond donors (Lipinski definition) is 2. The van der Waals surface area contributed by atoms with Gasteiger partial charge in [0.05, 0.1) is 11.4 Å². The molecule has 2 aliphatic rings. The highest BCUT2D eigenvalue weighted by Gasteiger charge is 2.40. The Morgan fingerprint density at radius 3 is 2.79 bits per heavy atom. The lowest BCUT2D eigenvalue weighted by Crippen LogP contribution is -2.31. The molecule has 1 heterocycles. The Hall–Kier alpha value is -1.00. The maximum absolute atomic E-state index is 5.80. The summed E-state index contributed by atoms with van der Waals surface area (Å²) in [6.45, 7) is 4.01. The molecule has 4 atom stereocenters. The first-order valence-corrected chi connectivity index (χ1v) is 7.44. The predicted octanol–water partition coefficient (Wildman–Crippen LogP) is 2.42. The summed E-state index contributed by atoms with van der Waals surface area (Å²) in [6, 6.07) is 2.35. The number of nitrogens with zero attached hydrogens (tertiary/aromatic N) is 2. The normalized spacial score (nSPS) is 30.8. The number of aromatic nitrogens is 2. The van der Waals surface area contributed by atoms with Crippen LogP contribution in [0.2, 0.25) is 0 Å². The van der Waals surface area contributed by atoms with E-state index in [1.54, 1.807) is 0 Å². The van der Waals surface area contributed by atoms with Gasteiger partial charge in [-0.15, -0.1) is 0 Å². The molecule has 2 fully saturated rings. The van der Waals surface area contributed by atoms with Gasteiger partial charge in [-0.05, 0) is 68.9 Å². The van der Waals surface area contributed by atoms with Gasteiger partial charge in [-0.2, -0.15) is 10.2 Å². The molecule has 3 rings (SSSR count). The van der Waals surface area contributed by atoms with E-state index in [9.17, 15) is 0 Å². The maximum Gasteiger partial charge on any atom is 0.0648 e. The molecule has 4 nitrogen and oxygen atoms in total. The Balaban J connectivity index is 1.75. The number of hydrazine groups is 1. The second-order valence-electron chi connectivity index (χ2n) is 6.42. The van der Waals surface area contributed by atoms with Crippen molar-refractivity contribution in [1.82, 2.24) is 15.6 Å². The molecule has 0 aromatic carbocycles. The van der Waals surface area contributed by atoms with Crippen LogP contribution < -0.4 is 11.3 Å². The summed E-state index contributed by atoms with van der Waals surface area (Å²) in [7, 11) is 0. The van der Waals surface area contributed by atoms with E-state index in [1.165, 1.54) is 31.2 Å². The summed E-state index contributed by atoms with van der Waals surface area (Å²) >= 11 is 0. The zero-order chi connectivity index (χ0) is 13.4. The fraction of sp³-hybridized carbons (Fsp3) is 0.733. The monoisotopic (exact) mass is 260 g/mol. The largest absolute Gasteiger partial charge is 0.271 e. The van der Waals surface area contributed by atoms with Crippen molar-refractivity contribution < 1.29 is 0 Å². The lowest BCUT2D eigenvalue weighted by molar-refractivity contribution is 0.279. The highest BCUT2D eigenvalue weighted by Crippen LogP contribution is 2.50. The fourth-order valence-electron chi connectivity index (χ4n) is 4.18. The molecule has 0 saturated heterocycles. The first-order valence-electron chi connectivity index (χ1n) is 7.44. The second-order valence-corrected chi connectivity index (χ2v) is 6.42. The standard InChI is InChI=1S/C15H24N4/c1-9-5-14(10(2)19-18-9)15(17-16)8-13-7-11-3-4-12(13)6-11/h5,11-13,15,17H,3-4,6-8,16H2,1-2H3. The van der Waals surface area contributed by atoms with Crippen molar-refractivity contribution in [3.8, 4) is 0 Å². The van der Waals surface area contributed by atoms with Crippen LogP contribution in [-0.2, 0) is 0 Å². The molecule has 3 N–H and O–H groups in total. The third kappa shape index (κ3) is 2.51. The number of fused-ring (bicyclic) bond motifs is 2. The van der Waals surface area contributed by atoms with Crippen molar-refractivity contribution in [3.05, 3.63) is 23.0 Å². The number of hydrogen-bond acceptors (Lipinski definition) is 4. The maximum atomic E-state index is 5.80. The topological polar surface area (TPSA) is 63.8 Å². The predicted molar refractivity (Wildman–Crippen MR) is 75.1 cm³/mol. The van der Waals surface area contributed by atoms with Crippen LogP contribution in [0.25, 0.3) is 0 Å². The fourth-order valence-corrected chi connectivity index (χ4v) is 4.18. The molecule has 0 amide bonds. The molecule has 1 aromatic heterocycles. The number of aryl methyl sites for hydroxylation is 2. The van der Waals surface area contributed by atoms with E-state index in [-0.39, 0.29) is 6.04 Å². The average molecular weight is 260 g/mol. The molecule has 0 radical (unpaired) electrons. The molecule has 0 spiro atoms. The van der Waals surface area contributed by atoms with E-state index in [4.69, 9.17) is 5.84 Å². The third-order valence-corrected chi connectivity index (χ3v) is 5.14. The van der Waals surface area contributed by atoms with Crippen LogP contribution in [0.15, 0.2) is 6.07 Å². The van der Waals surface area contributed by atoms with Gasteiger partial charge in [0, 0.05) is 6.04 Å². The summed E-state index contributed by atoms with van der Waals surface area (Å²) in [6.07, 6.45) is 6.88. The summed E-state index contributed by atoms with van der Waals surface area (Å²) in [5, 5.41) is 8.33. The van der Waals surface area contributed by atoms with Gasteiger partial charge < -0.3 is 0 Å². The Morgan fingerprint density at radius 1 is 1.32 bits per heavy atom. The Kier molecular flexibility index (Phi) is 3.54. The Morgan fingerprint density at radius 2 is 2.16 bits per heavy atom. The number of nitrogens with two attached hydrogens (primary N) is 1. The SMILES string of the molecule is Cc1cc(C(CC2CC3CCC2C3)NN)c(C)nn1. The van der Waals surface area contributed by atoms with Gasteiger partial charge >= 0.3 is 0 Å². The van der Waals surface area contributed by atoms with Gasteiger partial charge in [-0.3, -0.25) is 11.3 Å². The van der Waals surface area contributed by atoms with Crippen molar-refractivity contribution in [1.29, 1.82) is 0 Å². The Labute approximate surface area is 115 Å². The van der Waals surface area contributed by atoms with Gasteiger partial charge in [0.1, 0.15) is 0 Å². The van der Waals surface area contributed by atoms with Crippen molar-refractivity contribution in [2.75, 3.05) is 0 Å². The molecular formula is C15H24N4. The molecule has 2 bridgehead atoms. The minimum absolute atomic E-state index is 0.221. The molecule has 2 saturated carbocycles. The smallest absolute Gasteiger partial charge is 0.0648 e. The zero-order valence-corrected chi connectivity index (χ0v) is 11.9. The summed E-state index contributed by atoms with van der Waals surface area (Å²) in [5.41, 5.74) is 6.19. The van der Waals surface area contributed by atoms with Crippen LogP contribution >= 0.6 is 0 Å². The summed E-state index contributed by atoms with van der Waals surface area (Å²) in [4.78, 5) is 0. The van der Waals surface area contributed by atoms with Crippen LogP contribution in [0, 0.1) is 31.6 Å². The molecule has 0 aliphatic heterocycles. The second kappa shape index (κ2) is 5.17. The molecule has 4 unspecified atom stereocenters. The van der Waals surface area contributed by atoms with Crippen LogP contribution in [0.4, 0.5) is 0 Å². The quantitative estimate of drug-likeness (QED) is 0.644. The van der Waals surface area contributed by atoms with Gasteiger partial charge in [0.2, 0.25) is 0 Å². The number of rotatable bonds is 4. The lowest BCUT2D eigenvalue weighted by Gasteiger charge is -2.27. The molecule has 4 heteroatoms. The Bertz CT molecular complexity index is 459. The van der Waals surface area contributed by atoms with Gasteiger partial charge in [-0.25, -0.2) is 0 Å². The average Bonchev–Trinajstić information content (AvgIpc) is 3.01. The molecule has 2 aliphatic carbocycles.